The summed E-state index contributed by atoms with van der Waals surface area (Å²) in [6.07, 6.45) is 3.02. The minimum atomic E-state index is -0.933. The van der Waals surface area contributed by atoms with Crippen LogP contribution in [0.3, 0.4) is 0 Å². The molecule has 5 N–H and O–H groups in total. The van der Waals surface area contributed by atoms with Crippen molar-refractivity contribution >= 4 is 12.3 Å². The summed E-state index contributed by atoms with van der Waals surface area (Å²) < 4.78 is 0. The zero-order valence-electron chi connectivity index (χ0n) is 11.2. The van der Waals surface area contributed by atoms with Crippen molar-refractivity contribution in [1.29, 1.82) is 0 Å². The minimum Gasteiger partial charge on any atom is -0.480 e. The third kappa shape index (κ3) is 8.93. The van der Waals surface area contributed by atoms with E-state index in [1.807, 2.05) is 25.1 Å². The lowest BCUT2D eigenvalue weighted by molar-refractivity contribution is -0.138. The first-order valence-corrected chi connectivity index (χ1v) is 6.21. The molecule has 0 fully saturated rings. The lowest BCUT2D eigenvalue weighted by Crippen LogP contribution is -2.29. The van der Waals surface area contributed by atoms with Crippen molar-refractivity contribution < 1.29 is 14.7 Å². The van der Waals surface area contributed by atoms with Crippen LogP contribution in [0, 0.1) is 6.92 Å². The summed E-state index contributed by atoms with van der Waals surface area (Å²) in [4.78, 5) is 20.3. The fourth-order valence-electron chi connectivity index (χ4n) is 1.38. The SMILES string of the molecule is Cc1cccc(C=O)c1.NCCCC[C@H](N)C(=O)O. The summed E-state index contributed by atoms with van der Waals surface area (Å²) in [5.41, 5.74) is 12.3. The molecular weight excluding hydrogens is 244 g/mol. The van der Waals surface area contributed by atoms with E-state index in [4.69, 9.17) is 16.6 Å². The number of rotatable bonds is 6. The van der Waals surface area contributed by atoms with E-state index in [9.17, 15) is 9.59 Å². The average molecular weight is 266 g/mol. The second-order valence-corrected chi connectivity index (χ2v) is 4.26. The fraction of sp³-hybridized carbons (Fsp3) is 0.429. The predicted molar refractivity (Wildman–Crippen MR) is 75.1 cm³/mol. The molecule has 0 heterocycles. The number of benzene rings is 1. The van der Waals surface area contributed by atoms with Gasteiger partial charge in [-0.1, -0.05) is 30.2 Å². The van der Waals surface area contributed by atoms with Crippen LogP contribution in [0.5, 0.6) is 0 Å². The van der Waals surface area contributed by atoms with Gasteiger partial charge in [0.15, 0.2) is 0 Å². The topological polar surface area (TPSA) is 106 Å². The van der Waals surface area contributed by atoms with E-state index in [0.717, 1.165) is 30.3 Å². The number of hydrogen-bond acceptors (Lipinski definition) is 4. The van der Waals surface area contributed by atoms with E-state index in [-0.39, 0.29) is 0 Å². The highest BCUT2D eigenvalue weighted by molar-refractivity contribution is 5.74. The maximum atomic E-state index is 10.2. The van der Waals surface area contributed by atoms with Gasteiger partial charge in [-0.25, -0.2) is 0 Å². The Kier molecular flexibility index (Phi) is 9.30. The number of nitrogens with two attached hydrogens (primary N) is 2. The first kappa shape index (κ1) is 17.3. The van der Waals surface area contributed by atoms with Crippen LogP contribution in [0.15, 0.2) is 24.3 Å². The zero-order chi connectivity index (χ0) is 14.7. The molecule has 0 aliphatic heterocycles. The van der Waals surface area contributed by atoms with Gasteiger partial charge in [0.1, 0.15) is 12.3 Å². The Balaban J connectivity index is 0.000000342. The highest BCUT2D eigenvalue weighted by Gasteiger charge is 2.09. The minimum absolute atomic E-state index is 0.520. The molecule has 1 atom stereocenters. The largest absolute Gasteiger partial charge is 0.480 e. The quantitative estimate of drug-likeness (QED) is 0.532. The number of aldehydes is 1. The van der Waals surface area contributed by atoms with Gasteiger partial charge in [-0.3, -0.25) is 9.59 Å². The normalized spacial score (nSPS) is 11.1. The molecule has 5 nitrogen and oxygen atoms in total. The van der Waals surface area contributed by atoms with E-state index in [0.29, 0.717) is 13.0 Å². The number of carboxylic acids is 1. The fourth-order valence-corrected chi connectivity index (χ4v) is 1.38. The van der Waals surface area contributed by atoms with Crippen LogP contribution < -0.4 is 11.5 Å². The molecule has 5 heteroatoms. The third-order valence-corrected chi connectivity index (χ3v) is 2.46. The summed E-state index contributed by atoms with van der Waals surface area (Å²) in [5, 5.41) is 8.33. The maximum Gasteiger partial charge on any atom is 0.320 e. The Morgan fingerprint density at radius 3 is 2.53 bits per heavy atom. The van der Waals surface area contributed by atoms with E-state index in [2.05, 4.69) is 0 Å². The molecule has 0 unspecified atom stereocenters. The molecule has 0 amide bonds. The van der Waals surface area contributed by atoms with Crippen LogP contribution in [-0.2, 0) is 4.79 Å². The van der Waals surface area contributed by atoms with Gasteiger partial charge in [0.25, 0.3) is 0 Å². The number of aliphatic carboxylic acids is 1. The number of carboxylic acid groups (broad SMARTS) is 1. The second kappa shape index (κ2) is 10.2. The van der Waals surface area contributed by atoms with Crippen LogP contribution in [-0.4, -0.2) is 29.9 Å². The summed E-state index contributed by atoms with van der Waals surface area (Å²) >= 11 is 0. The molecule has 106 valence electrons. The molecular formula is C14H22N2O3. The monoisotopic (exact) mass is 266 g/mol. The highest BCUT2D eigenvalue weighted by atomic mass is 16.4. The van der Waals surface area contributed by atoms with Gasteiger partial charge in [-0.15, -0.1) is 0 Å². The van der Waals surface area contributed by atoms with E-state index >= 15 is 0 Å². The van der Waals surface area contributed by atoms with Gasteiger partial charge < -0.3 is 16.6 Å². The summed E-state index contributed by atoms with van der Waals surface area (Å²) in [6.45, 7) is 2.57. The number of aryl methyl sites for hydroxylation is 1. The van der Waals surface area contributed by atoms with Crippen molar-refractivity contribution in [2.75, 3.05) is 6.54 Å². The molecule has 1 aromatic rings. The lowest BCUT2D eigenvalue weighted by Gasteiger charge is -2.03. The number of hydrogen-bond donors (Lipinski definition) is 3. The molecule has 0 aliphatic rings. The lowest BCUT2D eigenvalue weighted by atomic mass is 10.1. The highest BCUT2D eigenvalue weighted by Crippen LogP contribution is 1.99. The third-order valence-electron chi connectivity index (χ3n) is 2.46. The van der Waals surface area contributed by atoms with Crippen LogP contribution in [0.4, 0.5) is 0 Å². The number of unbranched alkanes of at least 4 members (excludes halogenated alkanes) is 1. The predicted octanol–water partition coefficient (Wildman–Crippen LogP) is 1.33. The molecule has 0 saturated carbocycles. The Morgan fingerprint density at radius 1 is 1.42 bits per heavy atom. The van der Waals surface area contributed by atoms with Gasteiger partial charge in [0, 0.05) is 5.56 Å². The standard InChI is InChI=1S/C8H8O.C6H14N2O2/c1-7-3-2-4-8(5-7)6-9;7-4-2-1-3-5(8)6(9)10/h2-6H,1H3;5H,1-4,7-8H2,(H,9,10)/t;5-/m.0/s1. The molecule has 0 aromatic heterocycles. The van der Waals surface area contributed by atoms with Gasteiger partial charge in [0.05, 0.1) is 0 Å². The van der Waals surface area contributed by atoms with Gasteiger partial charge in [-0.2, -0.15) is 0 Å². The van der Waals surface area contributed by atoms with Crippen molar-refractivity contribution in [3.05, 3.63) is 35.4 Å². The van der Waals surface area contributed by atoms with E-state index in [1.54, 1.807) is 6.07 Å². The van der Waals surface area contributed by atoms with Gasteiger partial charge in [0.2, 0.25) is 0 Å². The van der Waals surface area contributed by atoms with Crippen molar-refractivity contribution in [2.24, 2.45) is 11.5 Å². The number of carbonyl (C=O) groups is 2. The first-order chi connectivity index (χ1) is 9.01. The van der Waals surface area contributed by atoms with Crippen molar-refractivity contribution in [3.8, 4) is 0 Å². The maximum absolute atomic E-state index is 10.2. The molecule has 1 aromatic carbocycles. The first-order valence-electron chi connectivity index (χ1n) is 6.21. The molecule has 0 bridgehead atoms. The smallest absolute Gasteiger partial charge is 0.320 e. The summed E-state index contributed by atoms with van der Waals surface area (Å²) in [5.74, 6) is -0.933. The zero-order valence-corrected chi connectivity index (χ0v) is 11.2. The Morgan fingerprint density at radius 2 is 2.11 bits per heavy atom. The van der Waals surface area contributed by atoms with Crippen molar-refractivity contribution in [3.63, 3.8) is 0 Å². The molecule has 1 rings (SSSR count). The van der Waals surface area contributed by atoms with Crippen molar-refractivity contribution in [1.82, 2.24) is 0 Å². The summed E-state index contributed by atoms with van der Waals surface area (Å²) in [7, 11) is 0. The second-order valence-electron chi connectivity index (χ2n) is 4.26. The van der Waals surface area contributed by atoms with Crippen LogP contribution in [0.1, 0.15) is 35.2 Å². The van der Waals surface area contributed by atoms with E-state index in [1.165, 1.54) is 0 Å². The Bertz CT molecular complexity index is 394. The molecule has 19 heavy (non-hydrogen) atoms. The molecule has 0 spiro atoms. The Labute approximate surface area is 113 Å². The van der Waals surface area contributed by atoms with E-state index < -0.39 is 12.0 Å². The summed E-state index contributed by atoms with van der Waals surface area (Å²) in [6, 6.07) is 6.77. The van der Waals surface area contributed by atoms with Crippen LogP contribution in [0.2, 0.25) is 0 Å². The molecule has 0 radical (unpaired) electrons. The number of carbonyl (C=O) groups excluding carboxylic acids is 1. The van der Waals surface area contributed by atoms with Crippen LogP contribution >= 0.6 is 0 Å². The Hall–Kier alpha value is -1.72. The molecule has 0 aliphatic carbocycles. The van der Waals surface area contributed by atoms with Gasteiger partial charge in [-0.05, 0) is 32.4 Å². The average Bonchev–Trinajstić information content (AvgIpc) is 2.39. The van der Waals surface area contributed by atoms with Crippen LogP contribution in [0.25, 0.3) is 0 Å². The van der Waals surface area contributed by atoms with Crippen molar-refractivity contribution in [2.45, 2.75) is 32.2 Å². The van der Waals surface area contributed by atoms with Gasteiger partial charge >= 0.3 is 5.97 Å². The molecule has 0 saturated heterocycles.